The van der Waals surface area contributed by atoms with E-state index >= 15 is 0 Å². The van der Waals surface area contributed by atoms with Gasteiger partial charge in [-0.1, -0.05) is 36.4 Å². The molecule has 1 aromatic carbocycles. The molecule has 0 aliphatic carbocycles. The monoisotopic (exact) mass is 263 g/mol. The van der Waals surface area contributed by atoms with Gasteiger partial charge >= 0.3 is 0 Å². The van der Waals surface area contributed by atoms with Gasteiger partial charge in [0.15, 0.2) is 0 Å². The van der Waals surface area contributed by atoms with Crippen molar-refractivity contribution in [1.29, 1.82) is 0 Å². The normalized spacial score (nSPS) is 10.4. The molecule has 4 heteroatoms. The topological polar surface area (TPSA) is 47.8 Å². The zero-order valence-electron chi connectivity index (χ0n) is 10.8. The maximum atomic E-state index is 11.9. The third-order valence-corrected chi connectivity index (χ3v) is 3.00. The number of rotatable bonds is 3. The van der Waals surface area contributed by atoms with Crippen LogP contribution < -0.4 is 5.56 Å². The second-order valence-corrected chi connectivity index (χ2v) is 4.44. The quantitative estimate of drug-likeness (QED) is 0.728. The van der Waals surface area contributed by atoms with Gasteiger partial charge in [-0.3, -0.25) is 9.78 Å². The van der Waals surface area contributed by atoms with Crippen molar-refractivity contribution in [2.45, 2.75) is 6.54 Å². The van der Waals surface area contributed by atoms with Crippen LogP contribution in [0.4, 0.5) is 0 Å². The molecule has 3 aromatic rings. The standard InChI is InChI=1S/C16H13N3O/c20-16-10-18-15(14-8-4-5-9-17-14)12-19(16)11-13-6-2-1-3-7-13/h1-10,12H,11H2. The first-order chi connectivity index (χ1) is 9.83. The molecule has 0 saturated carbocycles. The molecule has 0 bridgehead atoms. The number of benzene rings is 1. The van der Waals surface area contributed by atoms with Gasteiger partial charge in [0, 0.05) is 12.4 Å². The first-order valence-corrected chi connectivity index (χ1v) is 6.35. The fraction of sp³-hybridized carbons (Fsp3) is 0.0625. The minimum Gasteiger partial charge on any atom is -0.308 e. The fourth-order valence-electron chi connectivity index (χ4n) is 1.99. The summed E-state index contributed by atoms with van der Waals surface area (Å²) < 4.78 is 1.65. The summed E-state index contributed by atoms with van der Waals surface area (Å²) in [7, 11) is 0. The van der Waals surface area contributed by atoms with Crippen molar-refractivity contribution in [2.24, 2.45) is 0 Å². The lowest BCUT2D eigenvalue weighted by Crippen LogP contribution is -2.20. The molecule has 0 radical (unpaired) electrons. The minimum atomic E-state index is -0.117. The number of aromatic nitrogens is 3. The van der Waals surface area contributed by atoms with Gasteiger partial charge in [-0.25, -0.2) is 4.98 Å². The highest BCUT2D eigenvalue weighted by Crippen LogP contribution is 2.11. The van der Waals surface area contributed by atoms with Crippen molar-refractivity contribution in [3.8, 4) is 11.4 Å². The van der Waals surface area contributed by atoms with Gasteiger partial charge in [0.1, 0.15) is 5.69 Å². The lowest BCUT2D eigenvalue weighted by atomic mass is 10.2. The average Bonchev–Trinajstić information content (AvgIpc) is 2.51. The van der Waals surface area contributed by atoms with Gasteiger partial charge in [-0.05, 0) is 17.7 Å². The van der Waals surface area contributed by atoms with Gasteiger partial charge in [-0.2, -0.15) is 0 Å². The SMILES string of the molecule is O=c1cnc(-c2ccccn2)cn1Cc1ccccc1. The Morgan fingerprint density at radius 1 is 0.900 bits per heavy atom. The van der Waals surface area contributed by atoms with Crippen molar-refractivity contribution < 1.29 is 0 Å². The highest BCUT2D eigenvalue weighted by atomic mass is 16.1. The molecular formula is C16H13N3O. The Balaban J connectivity index is 1.98. The van der Waals surface area contributed by atoms with Gasteiger partial charge in [0.05, 0.1) is 18.4 Å². The molecule has 0 aliphatic heterocycles. The van der Waals surface area contributed by atoms with Crippen LogP contribution in [0.1, 0.15) is 5.56 Å². The zero-order chi connectivity index (χ0) is 13.8. The van der Waals surface area contributed by atoms with E-state index in [-0.39, 0.29) is 5.56 Å². The van der Waals surface area contributed by atoms with E-state index < -0.39 is 0 Å². The summed E-state index contributed by atoms with van der Waals surface area (Å²) in [6.07, 6.45) is 4.80. The third kappa shape index (κ3) is 2.64. The molecule has 3 rings (SSSR count). The molecule has 0 N–H and O–H groups in total. The highest BCUT2D eigenvalue weighted by Gasteiger charge is 2.04. The Morgan fingerprint density at radius 2 is 1.70 bits per heavy atom. The van der Waals surface area contributed by atoms with Gasteiger partial charge in [0.2, 0.25) is 0 Å². The summed E-state index contributed by atoms with van der Waals surface area (Å²) in [6.45, 7) is 0.530. The van der Waals surface area contributed by atoms with Crippen LogP contribution in [0, 0.1) is 0 Å². The summed E-state index contributed by atoms with van der Waals surface area (Å²) in [5.74, 6) is 0. The number of hydrogen-bond acceptors (Lipinski definition) is 3. The van der Waals surface area contributed by atoms with E-state index in [9.17, 15) is 4.79 Å². The van der Waals surface area contributed by atoms with E-state index in [0.29, 0.717) is 12.2 Å². The van der Waals surface area contributed by atoms with E-state index in [4.69, 9.17) is 0 Å². The number of pyridine rings is 1. The van der Waals surface area contributed by atoms with E-state index in [1.807, 2.05) is 48.5 Å². The number of hydrogen-bond donors (Lipinski definition) is 0. The van der Waals surface area contributed by atoms with Crippen molar-refractivity contribution in [3.05, 3.63) is 83.0 Å². The Bertz CT molecular complexity index is 751. The van der Waals surface area contributed by atoms with Crippen LogP contribution in [0.15, 0.2) is 71.9 Å². The fourth-order valence-corrected chi connectivity index (χ4v) is 1.99. The molecule has 4 nitrogen and oxygen atoms in total. The van der Waals surface area contributed by atoms with Crippen molar-refractivity contribution in [2.75, 3.05) is 0 Å². The molecule has 0 atom stereocenters. The highest BCUT2D eigenvalue weighted by molar-refractivity contribution is 5.51. The zero-order valence-corrected chi connectivity index (χ0v) is 10.8. The molecule has 0 aliphatic rings. The Labute approximate surface area is 116 Å². The van der Waals surface area contributed by atoms with Crippen LogP contribution in [0.5, 0.6) is 0 Å². The predicted octanol–water partition coefficient (Wildman–Crippen LogP) is 2.35. The summed E-state index contributed by atoms with van der Waals surface area (Å²) in [6, 6.07) is 15.5. The smallest absolute Gasteiger partial charge is 0.269 e. The predicted molar refractivity (Wildman–Crippen MR) is 77.3 cm³/mol. The van der Waals surface area contributed by atoms with Crippen LogP contribution in [0.3, 0.4) is 0 Å². The third-order valence-electron chi connectivity index (χ3n) is 3.00. The molecule has 0 unspecified atom stereocenters. The molecule has 0 amide bonds. The van der Waals surface area contributed by atoms with Crippen LogP contribution >= 0.6 is 0 Å². The Hall–Kier alpha value is -2.75. The largest absolute Gasteiger partial charge is 0.308 e. The number of nitrogens with zero attached hydrogens (tertiary/aromatic N) is 3. The minimum absolute atomic E-state index is 0.117. The Morgan fingerprint density at radius 3 is 2.45 bits per heavy atom. The van der Waals surface area contributed by atoms with E-state index in [1.54, 1.807) is 17.0 Å². The lowest BCUT2D eigenvalue weighted by molar-refractivity contribution is 0.750. The maximum Gasteiger partial charge on any atom is 0.269 e. The van der Waals surface area contributed by atoms with Crippen molar-refractivity contribution in [3.63, 3.8) is 0 Å². The molecular weight excluding hydrogens is 250 g/mol. The van der Waals surface area contributed by atoms with E-state index in [0.717, 1.165) is 11.3 Å². The molecule has 98 valence electrons. The molecule has 0 saturated heterocycles. The summed E-state index contributed by atoms with van der Waals surface area (Å²) in [4.78, 5) is 20.3. The molecule has 2 aromatic heterocycles. The first-order valence-electron chi connectivity index (χ1n) is 6.35. The molecule has 20 heavy (non-hydrogen) atoms. The second-order valence-electron chi connectivity index (χ2n) is 4.44. The van der Waals surface area contributed by atoms with Crippen LogP contribution in [0.2, 0.25) is 0 Å². The van der Waals surface area contributed by atoms with Crippen LogP contribution in [0.25, 0.3) is 11.4 Å². The summed E-state index contributed by atoms with van der Waals surface area (Å²) in [5.41, 5.74) is 2.41. The molecule has 2 heterocycles. The summed E-state index contributed by atoms with van der Waals surface area (Å²) in [5, 5.41) is 0. The van der Waals surface area contributed by atoms with Gasteiger partial charge in [-0.15, -0.1) is 0 Å². The molecule has 0 spiro atoms. The maximum absolute atomic E-state index is 11.9. The van der Waals surface area contributed by atoms with Crippen molar-refractivity contribution >= 4 is 0 Å². The summed E-state index contributed by atoms with van der Waals surface area (Å²) >= 11 is 0. The second kappa shape index (κ2) is 5.48. The first kappa shape index (κ1) is 12.3. The average molecular weight is 263 g/mol. The van der Waals surface area contributed by atoms with Gasteiger partial charge < -0.3 is 4.57 Å². The van der Waals surface area contributed by atoms with Crippen molar-refractivity contribution in [1.82, 2.24) is 14.5 Å². The Kier molecular flexibility index (Phi) is 3.37. The van der Waals surface area contributed by atoms with Gasteiger partial charge in [0.25, 0.3) is 5.56 Å². The van der Waals surface area contributed by atoms with E-state index in [2.05, 4.69) is 9.97 Å². The van der Waals surface area contributed by atoms with Crippen LogP contribution in [-0.4, -0.2) is 14.5 Å². The van der Waals surface area contributed by atoms with E-state index in [1.165, 1.54) is 6.20 Å². The van der Waals surface area contributed by atoms with Crippen LogP contribution in [-0.2, 0) is 6.54 Å². The molecule has 0 fully saturated rings. The lowest BCUT2D eigenvalue weighted by Gasteiger charge is -2.07.